The smallest absolute Gasteiger partial charge is 0.423 e. The van der Waals surface area contributed by atoms with Gasteiger partial charge in [-0.15, -0.1) is 0 Å². The van der Waals surface area contributed by atoms with Gasteiger partial charge in [0.2, 0.25) is 5.91 Å². The molecule has 0 aromatic carbocycles. The number of halogens is 3. The van der Waals surface area contributed by atoms with E-state index in [1.165, 1.54) is 5.56 Å². The number of hydrogen-bond acceptors (Lipinski definition) is 9. The van der Waals surface area contributed by atoms with E-state index < -0.39 is 26.3 Å². The van der Waals surface area contributed by atoms with Crippen molar-refractivity contribution in [1.29, 1.82) is 0 Å². The highest BCUT2D eigenvalue weighted by Crippen LogP contribution is 2.37. The zero-order valence-corrected chi connectivity index (χ0v) is 24.2. The molecule has 5 heterocycles. The van der Waals surface area contributed by atoms with Crippen LogP contribution >= 0.6 is 0 Å². The third-order valence-electron chi connectivity index (χ3n) is 7.85. The summed E-state index contributed by atoms with van der Waals surface area (Å²) < 4.78 is 51.4. The summed E-state index contributed by atoms with van der Waals surface area (Å²) in [6, 6.07) is 2.15. The molecule has 2 aromatic heterocycles. The van der Waals surface area contributed by atoms with Crippen LogP contribution in [0.1, 0.15) is 36.3 Å². The van der Waals surface area contributed by atoms with Gasteiger partial charge < -0.3 is 29.2 Å². The fourth-order valence-electron chi connectivity index (χ4n) is 5.61. The number of aromatic nitrogens is 3. The highest BCUT2D eigenvalue weighted by Gasteiger charge is 2.38. The van der Waals surface area contributed by atoms with Crippen LogP contribution in [0.25, 0.3) is 0 Å². The predicted molar refractivity (Wildman–Crippen MR) is 147 cm³/mol. The van der Waals surface area contributed by atoms with E-state index in [9.17, 15) is 22.8 Å². The lowest BCUT2D eigenvalue weighted by atomic mass is 9.90. The molecule has 3 aliphatic rings. The zero-order chi connectivity index (χ0) is 29.1. The number of amides is 1. The second-order valence-electron chi connectivity index (χ2n) is 10.9. The van der Waals surface area contributed by atoms with Gasteiger partial charge in [-0.1, -0.05) is 6.55 Å². The number of rotatable bonds is 8. The van der Waals surface area contributed by atoms with Gasteiger partial charge in [0.05, 0.1) is 37.2 Å². The van der Waals surface area contributed by atoms with Crippen molar-refractivity contribution in [2.24, 2.45) is 0 Å². The summed E-state index contributed by atoms with van der Waals surface area (Å²) in [6.07, 6.45) is 0.655. The molecular formula is C26H35F3N7O4Si. The first-order valence-corrected chi connectivity index (χ1v) is 16.0. The molecule has 1 radical (unpaired) electrons. The number of hydrogen-bond donors (Lipinski definition) is 2. The lowest BCUT2D eigenvalue weighted by Crippen LogP contribution is -2.58. The van der Waals surface area contributed by atoms with Gasteiger partial charge in [-0.3, -0.25) is 9.59 Å². The maximum Gasteiger partial charge on any atom is 0.423 e. The predicted octanol–water partition coefficient (Wildman–Crippen LogP) is 2.08. The Balaban J connectivity index is 1.07. The fourth-order valence-corrected chi connectivity index (χ4v) is 6.78. The number of piperazine rings is 1. The summed E-state index contributed by atoms with van der Waals surface area (Å²) in [7, 11) is 0.508. The molecule has 1 unspecified atom stereocenters. The molecule has 11 nitrogen and oxygen atoms in total. The summed E-state index contributed by atoms with van der Waals surface area (Å²) in [5.41, 5.74) is -1.76. The summed E-state index contributed by atoms with van der Waals surface area (Å²) in [5.74, 6) is 2.11. The van der Waals surface area contributed by atoms with Crippen LogP contribution in [0.2, 0.25) is 6.55 Å². The van der Waals surface area contributed by atoms with Crippen LogP contribution < -0.4 is 20.2 Å². The number of pyridine rings is 1. The fraction of sp³-hybridized carbons (Fsp3) is 0.615. The van der Waals surface area contributed by atoms with Crippen LogP contribution in [0.5, 0.6) is 5.75 Å². The first kappa shape index (κ1) is 29.3. The molecule has 1 atom stereocenters. The van der Waals surface area contributed by atoms with Crippen molar-refractivity contribution in [3.8, 4) is 5.75 Å². The Labute approximate surface area is 237 Å². The Morgan fingerprint density at radius 3 is 2.78 bits per heavy atom. The molecule has 3 aliphatic heterocycles. The van der Waals surface area contributed by atoms with Gasteiger partial charge in [-0.05, 0) is 50.5 Å². The standard InChI is InChI=1S/C26H35F3N7O4Si/c1-34-6-3-17(4-7-34)18-11-21-24(30-12-18)36-9-8-35(14-19(36)15-40-21)22(37)5-10-39-16-41(2)33-20-13-31-32-25(38)23(20)26(27,28)29/h11-13,17,19H,3-10,14-16H2,1-2H3,(H2,32,33,38). The number of ether oxygens (including phenoxy) is 2. The number of alkyl halides is 3. The first-order chi connectivity index (χ1) is 19.6. The van der Waals surface area contributed by atoms with Crippen LogP contribution in [-0.2, 0) is 15.7 Å². The molecule has 0 bridgehead atoms. The van der Waals surface area contributed by atoms with Gasteiger partial charge >= 0.3 is 6.18 Å². The van der Waals surface area contributed by atoms with E-state index >= 15 is 0 Å². The van der Waals surface area contributed by atoms with Crippen molar-refractivity contribution in [3.63, 3.8) is 0 Å². The first-order valence-electron chi connectivity index (χ1n) is 13.8. The number of nitrogens with zero attached hydrogens (tertiary/aromatic N) is 5. The number of aromatic amines is 1. The Morgan fingerprint density at radius 2 is 2.02 bits per heavy atom. The quantitative estimate of drug-likeness (QED) is 0.350. The molecule has 15 heteroatoms. The van der Waals surface area contributed by atoms with Crippen molar-refractivity contribution in [3.05, 3.63) is 39.9 Å². The summed E-state index contributed by atoms with van der Waals surface area (Å²) in [4.78, 5) is 38.4. The molecule has 0 spiro atoms. The maximum atomic E-state index is 13.2. The number of carbonyl (C=O) groups is 1. The van der Waals surface area contributed by atoms with E-state index in [4.69, 9.17) is 14.5 Å². The van der Waals surface area contributed by atoms with Gasteiger partial charge in [0, 0.05) is 25.8 Å². The number of carbonyl (C=O) groups excluding carboxylic acids is 1. The molecule has 5 rings (SSSR count). The molecule has 0 aliphatic carbocycles. The van der Waals surface area contributed by atoms with Gasteiger partial charge in [0.1, 0.15) is 12.2 Å². The van der Waals surface area contributed by atoms with Crippen molar-refractivity contribution in [1.82, 2.24) is 25.0 Å². The number of H-pyrrole nitrogens is 1. The normalized spacial score (nSPS) is 20.0. The van der Waals surface area contributed by atoms with Gasteiger partial charge in [0.25, 0.3) is 5.56 Å². The zero-order valence-electron chi connectivity index (χ0n) is 23.2. The monoisotopic (exact) mass is 594 g/mol. The Kier molecular flexibility index (Phi) is 8.84. The van der Waals surface area contributed by atoms with Gasteiger partial charge in [-0.25, -0.2) is 10.1 Å². The van der Waals surface area contributed by atoms with Gasteiger partial charge in [0.15, 0.2) is 20.5 Å². The van der Waals surface area contributed by atoms with E-state index in [1.54, 1.807) is 11.4 Å². The van der Waals surface area contributed by atoms with Crippen LogP contribution in [-0.4, -0.2) is 105 Å². The number of nitrogens with one attached hydrogen (secondary N) is 2. The van der Waals surface area contributed by atoms with Crippen LogP contribution in [0, 0.1) is 0 Å². The minimum atomic E-state index is -4.81. The van der Waals surface area contributed by atoms with Crippen LogP contribution in [0.4, 0.5) is 24.7 Å². The summed E-state index contributed by atoms with van der Waals surface area (Å²) in [5, 5.41) is 5.27. The largest absolute Gasteiger partial charge is 0.487 e. The molecule has 223 valence electrons. The molecule has 2 fully saturated rings. The minimum absolute atomic E-state index is 0.0166. The van der Waals surface area contributed by atoms with E-state index in [0.29, 0.717) is 32.2 Å². The summed E-state index contributed by atoms with van der Waals surface area (Å²) >= 11 is 0. The molecule has 1 amide bonds. The Morgan fingerprint density at radius 1 is 1.24 bits per heavy atom. The lowest BCUT2D eigenvalue weighted by molar-refractivity contribution is -0.138. The van der Waals surface area contributed by atoms with Crippen LogP contribution in [0.15, 0.2) is 23.3 Å². The topological polar surface area (TPSA) is 116 Å². The van der Waals surface area contributed by atoms with E-state index in [1.807, 2.05) is 11.3 Å². The number of fused-ring (bicyclic) bond motifs is 3. The molecular weight excluding hydrogens is 559 g/mol. The second-order valence-corrected chi connectivity index (χ2v) is 13.0. The Bertz CT molecular complexity index is 1290. The lowest BCUT2D eigenvalue weighted by Gasteiger charge is -2.45. The van der Waals surface area contributed by atoms with Crippen LogP contribution in [0.3, 0.4) is 0 Å². The Hall–Kier alpha value is -3.17. The minimum Gasteiger partial charge on any atom is -0.487 e. The maximum absolute atomic E-state index is 13.2. The van der Waals surface area contributed by atoms with Crippen molar-refractivity contribution >= 4 is 26.4 Å². The second kappa shape index (κ2) is 12.4. The van der Waals surface area contributed by atoms with E-state index in [2.05, 4.69) is 33.0 Å². The SMILES string of the molecule is CN1CCC(c2cnc3c(c2)OCC2CN(C(=O)CCOC[Si](C)Nc4cn[nH]c(=O)c4C(F)(F)F)CCN32)CC1. The van der Waals surface area contributed by atoms with Crippen molar-refractivity contribution in [2.75, 3.05) is 69.1 Å². The number of likely N-dealkylation sites (tertiary alicyclic amines) is 1. The van der Waals surface area contributed by atoms with Gasteiger partial charge in [-0.2, -0.15) is 18.3 Å². The van der Waals surface area contributed by atoms with E-state index in [-0.39, 0.29) is 36.9 Å². The summed E-state index contributed by atoms with van der Waals surface area (Å²) in [6.45, 7) is 6.26. The number of anilines is 2. The molecule has 2 saturated heterocycles. The third kappa shape index (κ3) is 6.84. The number of piperidine rings is 1. The van der Waals surface area contributed by atoms with E-state index in [0.717, 1.165) is 43.7 Å². The molecule has 2 aromatic rings. The average Bonchev–Trinajstić information content (AvgIpc) is 2.94. The molecule has 2 N–H and O–H groups in total. The average molecular weight is 595 g/mol. The third-order valence-corrected chi connectivity index (χ3v) is 9.18. The van der Waals surface area contributed by atoms with Crippen molar-refractivity contribution in [2.45, 2.75) is 43.9 Å². The molecule has 0 saturated carbocycles. The highest BCUT2D eigenvalue weighted by atomic mass is 28.3. The van der Waals surface area contributed by atoms with Crippen molar-refractivity contribution < 1.29 is 27.4 Å². The highest BCUT2D eigenvalue weighted by molar-refractivity contribution is 6.61. The molecule has 41 heavy (non-hydrogen) atoms.